The van der Waals surface area contributed by atoms with Gasteiger partial charge in [0.25, 0.3) is 0 Å². The highest BCUT2D eigenvalue weighted by Gasteiger charge is 1.97. The molecule has 0 aliphatic rings. The number of hydrogen-bond donors (Lipinski definition) is 0. The predicted molar refractivity (Wildman–Crippen MR) is 85.1 cm³/mol. The van der Waals surface area contributed by atoms with E-state index in [-0.39, 0.29) is 0 Å². The summed E-state index contributed by atoms with van der Waals surface area (Å²) in [5.41, 5.74) is 0. The molecule has 18 heavy (non-hydrogen) atoms. The van der Waals surface area contributed by atoms with Crippen molar-refractivity contribution in [2.45, 2.75) is 103 Å². The van der Waals surface area contributed by atoms with Gasteiger partial charge in [-0.15, -0.1) is 0 Å². The second-order valence-corrected chi connectivity index (χ2v) is 7.07. The quantitative estimate of drug-likeness (QED) is 0.304. The van der Waals surface area contributed by atoms with Crippen molar-refractivity contribution in [2.75, 3.05) is 0 Å². The molecule has 0 aliphatic carbocycles. The van der Waals surface area contributed by atoms with E-state index in [9.17, 15) is 4.39 Å². The summed E-state index contributed by atoms with van der Waals surface area (Å²) in [5.74, 6) is -0.460. The van der Waals surface area contributed by atoms with Crippen molar-refractivity contribution in [3.8, 4) is 0 Å². The van der Waals surface area contributed by atoms with Gasteiger partial charge in [-0.05, 0) is 6.42 Å². The average Bonchev–Trinajstić information content (AvgIpc) is 2.34. The summed E-state index contributed by atoms with van der Waals surface area (Å²) in [5, 5.41) is 0. The van der Waals surface area contributed by atoms with Crippen molar-refractivity contribution in [2.24, 2.45) is 0 Å². The van der Waals surface area contributed by atoms with Crippen molar-refractivity contribution in [1.82, 2.24) is 0 Å². The van der Waals surface area contributed by atoms with E-state index in [1.165, 1.54) is 77.0 Å². The van der Waals surface area contributed by atoms with E-state index < -0.39 is 5.79 Å². The molecule has 0 nitrogen and oxygen atoms in total. The van der Waals surface area contributed by atoms with Gasteiger partial charge in [-0.25, -0.2) is 0 Å². The van der Waals surface area contributed by atoms with Gasteiger partial charge in [0.2, 0.25) is 0 Å². The zero-order chi connectivity index (χ0) is 13.5. The lowest BCUT2D eigenvalue weighted by Crippen LogP contribution is -1.97. The highest BCUT2D eigenvalue weighted by atomic mass is 28.1. The Balaban J connectivity index is 2.90. The number of alkyl halides is 1. The van der Waals surface area contributed by atoms with E-state index in [4.69, 9.17) is 0 Å². The maximum atomic E-state index is 12.6. The molecule has 0 N–H and O–H groups in total. The van der Waals surface area contributed by atoms with E-state index in [2.05, 4.69) is 6.92 Å². The molecule has 0 bridgehead atoms. The van der Waals surface area contributed by atoms with Crippen LogP contribution in [0, 0.1) is 0 Å². The molecule has 0 aromatic carbocycles. The van der Waals surface area contributed by atoms with Gasteiger partial charge in [0, 0.05) is 10.2 Å². The molecule has 0 spiro atoms. The largest absolute Gasteiger partial charge is 0.253 e. The van der Waals surface area contributed by atoms with E-state index in [1.807, 2.05) is 0 Å². The van der Waals surface area contributed by atoms with Crippen LogP contribution in [-0.4, -0.2) is 16.0 Å². The molecule has 0 radical (unpaired) electrons. The minimum absolute atomic E-state index is 0.460. The first-order valence-corrected chi connectivity index (χ1v) is 9.57. The monoisotopic (exact) mass is 274 g/mol. The van der Waals surface area contributed by atoms with Gasteiger partial charge >= 0.3 is 0 Å². The summed E-state index contributed by atoms with van der Waals surface area (Å²) in [7, 11) is 0.723. The molecule has 0 amide bonds. The molecule has 0 fully saturated rings. The topological polar surface area (TPSA) is 0 Å². The lowest BCUT2D eigenvalue weighted by atomic mass is 10.0. The highest BCUT2D eigenvalue weighted by molar-refractivity contribution is 6.10. The van der Waals surface area contributed by atoms with Crippen molar-refractivity contribution < 1.29 is 4.39 Å². The fourth-order valence-corrected chi connectivity index (χ4v) is 2.85. The van der Waals surface area contributed by atoms with Gasteiger partial charge in [-0.3, -0.25) is 4.39 Å². The molecule has 1 unspecified atom stereocenters. The Bertz CT molecular complexity index is 148. The molecule has 1 atom stereocenters. The van der Waals surface area contributed by atoms with Crippen LogP contribution in [-0.2, 0) is 0 Å². The van der Waals surface area contributed by atoms with Crippen LogP contribution in [0.3, 0.4) is 0 Å². The van der Waals surface area contributed by atoms with E-state index in [1.54, 1.807) is 0 Å². The van der Waals surface area contributed by atoms with Crippen molar-refractivity contribution >= 4 is 10.2 Å². The van der Waals surface area contributed by atoms with Crippen LogP contribution in [0.15, 0.2) is 0 Å². The maximum absolute atomic E-state index is 12.6. The predicted octanol–water partition coefficient (Wildman–Crippen LogP) is 5.13. The molecule has 110 valence electrons. The first kappa shape index (κ1) is 18.1. The standard InChI is InChI=1S/C16H35FSi/c1-2-3-4-5-6-7-8-9-10-11-12-13-14-15-16(17)18/h16H,2-15H2,1,18H3. The molecule has 0 aromatic rings. The maximum Gasteiger partial charge on any atom is 0.0797 e. The second-order valence-electron chi connectivity index (χ2n) is 5.81. The minimum atomic E-state index is -0.460. The van der Waals surface area contributed by atoms with Crippen LogP contribution in [0.5, 0.6) is 0 Å². The van der Waals surface area contributed by atoms with Gasteiger partial charge in [0.05, 0.1) is 5.79 Å². The third-order valence-corrected chi connectivity index (χ3v) is 4.28. The minimum Gasteiger partial charge on any atom is -0.253 e. The van der Waals surface area contributed by atoms with Crippen LogP contribution in [0.25, 0.3) is 0 Å². The SMILES string of the molecule is CCCCCCCCCCCCCCCC(F)[SiH3]. The summed E-state index contributed by atoms with van der Waals surface area (Å²) in [4.78, 5) is 0. The van der Waals surface area contributed by atoms with Crippen LogP contribution in [0.2, 0.25) is 0 Å². The summed E-state index contributed by atoms with van der Waals surface area (Å²) < 4.78 is 12.6. The summed E-state index contributed by atoms with van der Waals surface area (Å²) in [6.07, 6.45) is 18.7. The molecular weight excluding hydrogens is 239 g/mol. The van der Waals surface area contributed by atoms with E-state index >= 15 is 0 Å². The molecule has 2 heteroatoms. The third kappa shape index (κ3) is 16.1. The Labute approximate surface area is 118 Å². The van der Waals surface area contributed by atoms with Gasteiger partial charge in [-0.2, -0.15) is 0 Å². The van der Waals surface area contributed by atoms with Gasteiger partial charge < -0.3 is 0 Å². The summed E-state index contributed by atoms with van der Waals surface area (Å²) in [6.45, 7) is 2.27. The molecule has 0 saturated carbocycles. The van der Waals surface area contributed by atoms with Crippen molar-refractivity contribution in [1.29, 1.82) is 0 Å². The normalized spacial score (nSPS) is 13.0. The average molecular weight is 275 g/mol. The van der Waals surface area contributed by atoms with Gasteiger partial charge in [0.15, 0.2) is 0 Å². The zero-order valence-electron chi connectivity index (χ0n) is 12.9. The fourth-order valence-electron chi connectivity index (χ4n) is 2.44. The number of hydrogen-bond acceptors (Lipinski definition) is 0. The lowest BCUT2D eigenvalue weighted by Gasteiger charge is -2.03. The molecule has 0 aliphatic heterocycles. The van der Waals surface area contributed by atoms with E-state index in [0.717, 1.165) is 23.1 Å². The fraction of sp³-hybridized carbons (Fsp3) is 1.00. The molecule has 0 saturated heterocycles. The Morgan fingerprint density at radius 2 is 1.00 bits per heavy atom. The van der Waals surface area contributed by atoms with Gasteiger partial charge in [0.1, 0.15) is 0 Å². The highest BCUT2D eigenvalue weighted by Crippen LogP contribution is 2.13. The molecular formula is C16H35FSi. The zero-order valence-corrected chi connectivity index (χ0v) is 14.9. The van der Waals surface area contributed by atoms with Gasteiger partial charge in [-0.1, -0.05) is 90.4 Å². The Kier molecular flexibility index (Phi) is 15.3. The van der Waals surface area contributed by atoms with Crippen LogP contribution < -0.4 is 0 Å². The Morgan fingerprint density at radius 3 is 1.33 bits per heavy atom. The molecule has 0 aromatic heterocycles. The first-order chi connectivity index (χ1) is 8.77. The third-order valence-electron chi connectivity index (χ3n) is 3.71. The molecule has 0 heterocycles. The summed E-state index contributed by atoms with van der Waals surface area (Å²) in [6, 6.07) is 0. The molecule has 0 rings (SSSR count). The summed E-state index contributed by atoms with van der Waals surface area (Å²) >= 11 is 0. The Hall–Kier alpha value is 0.147. The smallest absolute Gasteiger partial charge is 0.0797 e. The first-order valence-electron chi connectivity index (χ1n) is 8.41. The van der Waals surface area contributed by atoms with E-state index in [0.29, 0.717) is 0 Å². The second kappa shape index (κ2) is 15.2. The van der Waals surface area contributed by atoms with Crippen LogP contribution in [0.1, 0.15) is 96.8 Å². The van der Waals surface area contributed by atoms with Crippen molar-refractivity contribution in [3.63, 3.8) is 0 Å². The number of unbranched alkanes of at least 4 members (excludes halogenated alkanes) is 12. The number of halogens is 1. The van der Waals surface area contributed by atoms with Crippen LogP contribution in [0.4, 0.5) is 4.39 Å². The van der Waals surface area contributed by atoms with Crippen LogP contribution >= 0.6 is 0 Å². The number of rotatable bonds is 14. The Morgan fingerprint density at radius 1 is 0.667 bits per heavy atom. The van der Waals surface area contributed by atoms with Crippen molar-refractivity contribution in [3.05, 3.63) is 0 Å². The lowest BCUT2D eigenvalue weighted by molar-refractivity contribution is 0.402.